The first-order chi connectivity index (χ1) is 5.54. The van der Waals surface area contributed by atoms with Crippen molar-refractivity contribution in [2.45, 2.75) is 4.90 Å². The molecule has 0 unspecified atom stereocenters. The van der Waals surface area contributed by atoms with E-state index in [1.54, 1.807) is 0 Å². The number of rotatable bonds is 2. The fraction of sp³-hybridized carbons (Fsp3) is 0.143. The molecule has 0 aliphatic heterocycles. The molecule has 0 atom stereocenters. The Bertz CT molecular complexity index is 357. The molecule has 67 valence electrons. The second kappa shape index (κ2) is 4.97. The van der Waals surface area contributed by atoms with Crippen molar-refractivity contribution in [2.24, 2.45) is 0 Å². The second-order valence-corrected chi connectivity index (χ2v) is 3.57. The fourth-order valence-corrected chi connectivity index (χ4v) is 1.23. The Hall–Kier alpha value is -0.0700. The Kier molecular flexibility index (Phi) is 4.95. The maximum Gasteiger partial charge on any atom is 0.294 e. The minimum atomic E-state index is -4.08. The largest absolute Gasteiger partial charge is 0.497 e. The van der Waals surface area contributed by atoms with E-state index in [2.05, 4.69) is 0 Å². The first kappa shape index (κ1) is 12.9. The SMILES string of the molecule is COc1ccc(S(=O)(=O)O)cc1.[Na]. The summed E-state index contributed by atoms with van der Waals surface area (Å²) >= 11 is 0. The molecule has 1 aromatic rings. The molecule has 0 saturated carbocycles. The van der Waals surface area contributed by atoms with Gasteiger partial charge in [-0.25, -0.2) is 0 Å². The Morgan fingerprint density at radius 1 is 1.23 bits per heavy atom. The van der Waals surface area contributed by atoms with Crippen LogP contribution in [-0.4, -0.2) is 49.6 Å². The van der Waals surface area contributed by atoms with Crippen LogP contribution < -0.4 is 4.74 Å². The topological polar surface area (TPSA) is 63.6 Å². The summed E-state index contributed by atoms with van der Waals surface area (Å²) in [5.74, 6) is 0.544. The summed E-state index contributed by atoms with van der Waals surface area (Å²) in [7, 11) is -2.61. The van der Waals surface area contributed by atoms with Gasteiger partial charge in [0, 0.05) is 29.6 Å². The van der Waals surface area contributed by atoms with Crippen molar-refractivity contribution in [3.63, 3.8) is 0 Å². The molecule has 0 aliphatic carbocycles. The number of ether oxygens (including phenoxy) is 1. The zero-order chi connectivity index (χ0) is 9.19. The molecular weight excluding hydrogens is 203 g/mol. The predicted molar refractivity (Wildman–Crippen MR) is 48.6 cm³/mol. The summed E-state index contributed by atoms with van der Waals surface area (Å²) in [6, 6.07) is 5.47. The molecule has 1 radical (unpaired) electrons. The fourth-order valence-electron chi connectivity index (χ4n) is 0.748. The van der Waals surface area contributed by atoms with E-state index < -0.39 is 10.1 Å². The molecule has 1 aromatic carbocycles. The molecule has 0 amide bonds. The van der Waals surface area contributed by atoms with Crippen LogP contribution in [0.5, 0.6) is 5.75 Å². The van der Waals surface area contributed by atoms with Crippen LogP contribution in [0.15, 0.2) is 29.2 Å². The van der Waals surface area contributed by atoms with Crippen LogP contribution in [0.4, 0.5) is 0 Å². The van der Waals surface area contributed by atoms with Gasteiger partial charge in [0.1, 0.15) is 5.75 Å². The number of hydrogen-bond donors (Lipinski definition) is 1. The van der Waals surface area contributed by atoms with Crippen molar-refractivity contribution in [1.29, 1.82) is 0 Å². The van der Waals surface area contributed by atoms with Gasteiger partial charge in [-0.15, -0.1) is 0 Å². The van der Waals surface area contributed by atoms with Gasteiger partial charge in [0.2, 0.25) is 0 Å². The van der Waals surface area contributed by atoms with E-state index >= 15 is 0 Å². The molecule has 0 aliphatic rings. The van der Waals surface area contributed by atoms with Crippen LogP contribution in [-0.2, 0) is 10.1 Å². The third kappa shape index (κ3) is 3.66. The Labute approximate surface area is 99.0 Å². The average Bonchev–Trinajstić information content (AvgIpc) is 2.03. The van der Waals surface area contributed by atoms with Gasteiger partial charge in [0.25, 0.3) is 10.1 Å². The van der Waals surface area contributed by atoms with Crippen molar-refractivity contribution in [1.82, 2.24) is 0 Å². The first-order valence-corrected chi connectivity index (χ1v) is 4.59. The van der Waals surface area contributed by atoms with E-state index in [1.807, 2.05) is 0 Å². The number of methoxy groups -OCH3 is 1. The quantitative estimate of drug-likeness (QED) is 0.573. The van der Waals surface area contributed by atoms with Crippen LogP contribution in [0, 0.1) is 0 Å². The molecular formula is C7H8NaO4S. The normalized spacial score (nSPS) is 10.3. The van der Waals surface area contributed by atoms with Crippen molar-refractivity contribution >= 4 is 39.7 Å². The monoisotopic (exact) mass is 211 g/mol. The summed E-state index contributed by atoms with van der Waals surface area (Å²) in [6.07, 6.45) is 0. The van der Waals surface area contributed by atoms with E-state index in [0.29, 0.717) is 5.75 Å². The van der Waals surface area contributed by atoms with Gasteiger partial charge in [0.15, 0.2) is 0 Å². The third-order valence-electron chi connectivity index (χ3n) is 1.36. The van der Waals surface area contributed by atoms with Crippen molar-refractivity contribution in [3.8, 4) is 5.75 Å². The van der Waals surface area contributed by atoms with Gasteiger partial charge in [-0.2, -0.15) is 8.42 Å². The molecule has 1 N–H and O–H groups in total. The van der Waals surface area contributed by atoms with E-state index in [1.165, 1.54) is 31.4 Å². The summed E-state index contributed by atoms with van der Waals surface area (Å²) in [5, 5.41) is 0. The molecule has 1 rings (SSSR count). The van der Waals surface area contributed by atoms with Gasteiger partial charge in [0.05, 0.1) is 12.0 Å². The van der Waals surface area contributed by atoms with Gasteiger partial charge in [-0.1, -0.05) is 0 Å². The molecule has 0 heterocycles. The van der Waals surface area contributed by atoms with Crippen LogP contribution in [0.25, 0.3) is 0 Å². The van der Waals surface area contributed by atoms with Crippen LogP contribution in [0.3, 0.4) is 0 Å². The zero-order valence-electron chi connectivity index (χ0n) is 7.39. The standard InChI is InChI=1S/C7H8O4S.Na/c1-11-6-2-4-7(5-3-6)12(8,9)10;/h2-5H,1H3,(H,8,9,10);. The maximum absolute atomic E-state index is 10.5. The van der Waals surface area contributed by atoms with E-state index in [4.69, 9.17) is 9.29 Å². The summed E-state index contributed by atoms with van der Waals surface area (Å²) in [5.41, 5.74) is 0. The van der Waals surface area contributed by atoms with E-state index in [-0.39, 0.29) is 34.5 Å². The molecule has 0 spiro atoms. The molecule has 0 saturated heterocycles. The second-order valence-electron chi connectivity index (χ2n) is 2.15. The molecule has 13 heavy (non-hydrogen) atoms. The zero-order valence-corrected chi connectivity index (χ0v) is 10.2. The Morgan fingerprint density at radius 3 is 2.00 bits per heavy atom. The van der Waals surface area contributed by atoms with Crippen molar-refractivity contribution < 1.29 is 17.7 Å². The minimum Gasteiger partial charge on any atom is -0.497 e. The average molecular weight is 211 g/mol. The molecule has 0 bridgehead atoms. The molecule has 6 heteroatoms. The minimum absolute atomic E-state index is 0. The third-order valence-corrected chi connectivity index (χ3v) is 2.23. The van der Waals surface area contributed by atoms with Crippen LogP contribution in [0.1, 0.15) is 0 Å². The molecule has 0 aromatic heterocycles. The number of benzene rings is 1. The smallest absolute Gasteiger partial charge is 0.294 e. The van der Waals surface area contributed by atoms with Crippen molar-refractivity contribution in [3.05, 3.63) is 24.3 Å². The molecule has 4 nitrogen and oxygen atoms in total. The van der Waals surface area contributed by atoms with Crippen molar-refractivity contribution in [2.75, 3.05) is 7.11 Å². The Balaban J connectivity index is 0.00000144. The van der Waals surface area contributed by atoms with Crippen LogP contribution in [0.2, 0.25) is 0 Å². The maximum atomic E-state index is 10.5. The van der Waals surface area contributed by atoms with Gasteiger partial charge in [-0.05, 0) is 24.3 Å². The van der Waals surface area contributed by atoms with Gasteiger partial charge >= 0.3 is 0 Å². The Morgan fingerprint density at radius 2 is 1.69 bits per heavy atom. The van der Waals surface area contributed by atoms with Gasteiger partial charge in [-0.3, -0.25) is 4.55 Å². The number of hydrogen-bond acceptors (Lipinski definition) is 3. The van der Waals surface area contributed by atoms with Gasteiger partial charge < -0.3 is 4.74 Å². The first-order valence-electron chi connectivity index (χ1n) is 3.15. The summed E-state index contributed by atoms with van der Waals surface area (Å²) < 4.78 is 34.5. The van der Waals surface area contributed by atoms with Crippen LogP contribution >= 0.6 is 0 Å². The van der Waals surface area contributed by atoms with E-state index in [9.17, 15) is 8.42 Å². The van der Waals surface area contributed by atoms with E-state index in [0.717, 1.165) is 0 Å². The predicted octanol–water partition coefficient (Wildman–Crippen LogP) is 0.561. The summed E-state index contributed by atoms with van der Waals surface area (Å²) in [4.78, 5) is -0.136. The summed E-state index contributed by atoms with van der Waals surface area (Å²) in [6.45, 7) is 0. The molecule has 0 fully saturated rings.